The van der Waals surface area contributed by atoms with Gasteiger partial charge in [0.2, 0.25) is 0 Å². The van der Waals surface area contributed by atoms with Gasteiger partial charge in [0.25, 0.3) is 0 Å². The van der Waals surface area contributed by atoms with E-state index in [1.807, 2.05) is 31.2 Å². The molecule has 0 spiro atoms. The predicted octanol–water partition coefficient (Wildman–Crippen LogP) is 1.43. The minimum absolute atomic E-state index is 0.334. The second-order valence-corrected chi connectivity index (χ2v) is 3.55. The van der Waals surface area contributed by atoms with Crippen LogP contribution in [0.2, 0.25) is 0 Å². The maximum Gasteiger partial charge on any atom is 0.323 e. The minimum atomic E-state index is -0.563. The fraction of sp³-hybridized carbons (Fsp3) is 0.417. The zero-order valence-corrected chi connectivity index (χ0v) is 9.19. The van der Waals surface area contributed by atoms with Gasteiger partial charge in [0.15, 0.2) is 0 Å². The number of benzene rings is 1. The summed E-state index contributed by atoms with van der Waals surface area (Å²) in [5.74, 6) is -0.334. The molecular weight excluding hydrogens is 190 g/mol. The largest absolute Gasteiger partial charge is 0.465 e. The molecule has 0 aliphatic heterocycles. The Kier molecular flexibility index (Phi) is 4.31. The van der Waals surface area contributed by atoms with Gasteiger partial charge in [-0.3, -0.25) is 4.79 Å². The first kappa shape index (κ1) is 11.7. The number of hydrogen-bond acceptors (Lipinski definition) is 3. The number of carbonyl (C=O) groups excluding carboxylic acids is 1. The van der Waals surface area contributed by atoms with E-state index < -0.39 is 6.04 Å². The van der Waals surface area contributed by atoms with Crippen molar-refractivity contribution in [1.82, 2.24) is 0 Å². The van der Waals surface area contributed by atoms with E-state index in [2.05, 4.69) is 0 Å². The van der Waals surface area contributed by atoms with Crippen LogP contribution in [0.4, 0.5) is 0 Å². The number of esters is 1. The summed E-state index contributed by atoms with van der Waals surface area (Å²) in [6.45, 7) is 4.16. The Bertz CT molecular complexity index is 336. The van der Waals surface area contributed by atoms with Crippen molar-refractivity contribution in [2.24, 2.45) is 5.73 Å². The number of ether oxygens (including phenoxy) is 1. The standard InChI is InChI=1S/C12H17NO2/c1-3-15-12(14)11(13)8-10-6-4-5-9(2)7-10/h4-7,11H,3,8,13H2,1-2H3. The first-order valence-electron chi connectivity index (χ1n) is 5.11. The van der Waals surface area contributed by atoms with Gasteiger partial charge in [0, 0.05) is 0 Å². The van der Waals surface area contributed by atoms with Gasteiger partial charge in [-0.05, 0) is 25.8 Å². The zero-order chi connectivity index (χ0) is 11.3. The molecule has 0 saturated heterocycles. The normalized spacial score (nSPS) is 12.2. The highest BCUT2D eigenvalue weighted by molar-refractivity contribution is 5.75. The summed E-state index contributed by atoms with van der Waals surface area (Å²) >= 11 is 0. The molecule has 1 unspecified atom stereocenters. The Morgan fingerprint density at radius 1 is 1.53 bits per heavy atom. The van der Waals surface area contributed by atoms with Crippen LogP contribution in [-0.4, -0.2) is 18.6 Å². The topological polar surface area (TPSA) is 52.3 Å². The van der Waals surface area contributed by atoms with Gasteiger partial charge < -0.3 is 10.5 Å². The number of carbonyl (C=O) groups is 1. The van der Waals surface area contributed by atoms with Gasteiger partial charge in [-0.25, -0.2) is 0 Å². The van der Waals surface area contributed by atoms with Gasteiger partial charge in [-0.2, -0.15) is 0 Å². The maximum absolute atomic E-state index is 11.3. The lowest BCUT2D eigenvalue weighted by Crippen LogP contribution is -2.34. The molecule has 1 aromatic rings. The minimum Gasteiger partial charge on any atom is -0.465 e. The Balaban J connectivity index is 2.58. The third-order valence-corrected chi connectivity index (χ3v) is 2.13. The van der Waals surface area contributed by atoms with E-state index in [1.54, 1.807) is 6.92 Å². The number of hydrogen-bond donors (Lipinski definition) is 1. The van der Waals surface area contributed by atoms with Gasteiger partial charge in [0.05, 0.1) is 6.61 Å². The molecule has 0 bridgehead atoms. The van der Waals surface area contributed by atoms with Crippen LogP contribution in [0.1, 0.15) is 18.1 Å². The van der Waals surface area contributed by atoms with Gasteiger partial charge in [-0.1, -0.05) is 29.8 Å². The van der Waals surface area contributed by atoms with Crippen molar-refractivity contribution in [3.8, 4) is 0 Å². The van der Waals surface area contributed by atoms with E-state index in [9.17, 15) is 4.79 Å². The molecule has 15 heavy (non-hydrogen) atoms. The van der Waals surface area contributed by atoms with Crippen molar-refractivity contribution in [2.75, 3.05) is 6.61 Å². The summed E-state index contributed by atoms with van der Waals surface area (Å²) in [5, 5.41) is 0. The van der Waals surface area contributed by atoms with E-state index in [0.717, 1.165) is 5.56 Å². The first-order valence-corrected chi connectivity index (χ1v) is 5.11. The van der Waals surface area contributed by atoms with Crippen molar-refractivity contribution < 1.29 is 9.53 Å². The molecule has 1 rings (SSSR count). The second kappa shape index (κ2) is 5.51. The van der Waals surface area contributed by atoms with E-state index in [4.69, 9.17) is 10.5 Å². The van der Waals surface area contributed by atoms with Crippen LogP contribution in [0.25, 0.3) is 0 Å². The second-order valence-electron chi connectivity index (χ2n) is 3.55. The summed E-state index contributed by atoms with van der Waals surface area (Å²) in [7, 11) is 0. The molecule has 1 atom stereocenters. The first-order chi connectivity index (χ1) is 7.13. The lowest BCUT2D eigenvalue weighted by molar-refractivity contribution is -0.144. The van der Waals surface area contributed by atoms with E-state index in [1.165, 1.54) is 5.56 Å². The molecule has 0 radical (unpaired) electrons. The lowest BCUT2D eigenvalue weighted by atomic mass is 10.0. The number of rotatable bonds is 4. The van der Waals surface area contributed by atoms with Crippen LogP contribution < -0.4 is 5.73 Å². The third kappa shape index (κ3) is 3.72. The van der Waals surface area contributed by atoms with Gasteiger partial charge in [0.1, 0.15) is 6.04 Å². The van der Waals surface area contributed by atoms with Crippen molar-refractivity contribution in [3.05, 3.63) is 35.4 Å². The monoisotopic (exact) mass is 207 g/mol. The zero-order valence-electron chi connectivity index (χ0n) is 9.19. The predicted molar refractivity (Wildman–Crippen MR) is 59.5 cm³/mol. The third-order valence-electron chi connectivity index (χ3n) is 2.13. The summed E-state index contributed by atoms with van der Waals surface area (Å²) in [6, 6.07) is 7.40. The van der Waals surface area contributed by atoms with Crippen LogP contribution in [0.15, 0.2) is 24.3 Å². The smallest absolute Gasteiger partial charge is 0.323 e. The fourth-order valence-corrected chi connectivity index (χ4v) is 1.43. The molecular formula is C12H17NO2. The van der Waals surface area contributed by atoms with Crippen molar-refractivity contribution in [1.29, 1.82) is 0 Å². The van der Waals surface area contributed by atoms with Crippen LogP contribution in [0.3, 0.4) is 0 Å². The molecule has 0 aliphatic carbocycles. The van der Waals surface area contributed by atoms with Crippen molar-refractivity contribution in [2.45, 2.75) is 26.3 Å². The van der Waals surface area contributed by atoms with E-state index >= 15 is 0 Å². The lowest BCUT2D eigenvalue weighted by Gasteiger charge is -2.10. The van der Waals surface area contributed by atoms with Gasteiger partial charge >= 0.3 is 5.97 Å². The molecule has 0 fully saturated rings. The Labute approximate surface area is 90.2 Å². The Hall–Kier alpha value is -1.35. The number of nitrogens with two attached hydrogens (primary N) is 1. The highest BCUT2D eigenvalue weighted by Crippen LogP contribution is 2.06. The average molecular weight is 207 g/mol. The average Bonchev–Trinajstić information content (AvgIpc) is 2.18. The molecule has 0 amide bonds. The van der Waals surface area contributed by atoms with E-state index in [0.29, 0.717) is 13.0 Å². The molecule has 0 aromatic heterocycles. The van der Waals surface area contributed by atoms with Crippen LogP contribution in [0.5, 0.6) is 0 Å². The molecule has 2 N–H and O–H groups in total. The summed E-state index contributed by atoms with van der Waals surface area (Å²) in [6.07, 6.45) is 0.528. The van der Waals surface area contributed by atoms with Crippen molar-refractivity contribution in [3.63, 3.8) is 0 Å². The molecule has 82 valence electrons. The molecule has 0 saturated carbocycles. The summed E-state index contributed by atoms with van der Waals surface area (Å²) in [5.41, 5.74) is 7.95. The van der Waals surface area contributed by atoms with E-state index in [-0.39, 0.29) is 5.97 Å². The SMILES string of the molecule is CCOC(=O)C(N)Cc1cccc(C)c1. The van der Waals surface area contributed by atoms with Crippen LogP contribution >= 0.6 is 0 Å². The Morgan fingerprint density at radius 3 is 2.87 bits per heavy atom. The van der Waals surface area contributed by atoms with Crippen molar-refractivity contribution >= 4 is 5.97 Å². The van der Waals surface area contributed by atoms with Gasteiger partial charge in [-0.15, -0.1) is 0 Å². The summed E-state index contributed by atoms with van der Waals surface area (Å²) < 4.78 is 4.84. The Morgan fingerprint density at radius 2 is 2.27 bits per heavy atom. The summed E-state index contributed by atoms with van der Waals surface area (Å²) in [4.78, 5) is 11.3. The maximum atomic E-state index is 11.3. The highest BCUT2D eigenvalue weighted by atomic mass is 16.5. The molecule has 1 aromatic carbocycles. The molecule has 3 heteroatoms. The highest BCUT2D eigenvalue weighted by Gasteiger charge is 2.14. The quantitative estimate of drug-likeness (QED) is 0.760. The van der Waals surface area contributed by atoms with Crippen LogP contribution in [0, 0.1) is 6.92 Å². The number of aryl methyl sites for hydroxylation is 1. The molecule has 0 aliphatic rings. The fourth-order valence-electron chi connectivity index (χ4n) is 1.43. The molecule has 3 nitrogen and oxygen atoms in total. The van der Waals surface area contributed by atoms with Crippen LogP contribution in [-0.2, 0) is 16.0 Å². The molecule has 0 heterocycles.